The van der Waals surface area contributed by atoms with E-state index in [-0.39, 0.29) is 30.2 Å². The Kier molecular flexibility index (Phi) is 4.98. The molecule has 2 heterocycles. The van der Waals surface area contributed by atoms with E-state index in [0.29, 0.717) is 24.6 Å². The molecule has 7 nitrogen and oxygen atoms in total. The number of nitrogens with zero attached hydrogens (tertiary/aromatic N) is 1. The van der Waals surface area contributed by atoms with E-state index >= 15 is 0 Å². The first-order valence-corrected chi connectivity index (χ1v) is 9.44. The molecule has 28 heavy (non-hydrogen) atoms. The third kappa shape index (κ3) is 3.44. The maximum atomic E-state index is 12.8. The molecule has 1 saturated heterocycles. The summed E-state index contributed by atoms with van der Waals surface area (Å²) >= 11 is 0. The molecule has 0 bridgehead atoms. The fourth-order valence-corrected chi connectivity index (χ4v) is 4.06. The minimum atomic E-state index is -0.341. The van der Waals surface area contributed by atoms with Crippen LogP contribution >= 0.6 is 0 Å². The largest absolute Gasteiger partial charge is 0.493 e. The molecule has 1 fully saturated rings. The lowest BCUT2D eigenvalue weighted by molar-refractivity contribution is -0.129. The molecule has 1 aromatic heterocycles. The maximum absolute atomic E-state index is 12.8. The number of aryl methyl sites for hydroxylation is 1. The summed E-state index contributed by atoms with van der Waals surface area (Å²) in [6.07, 6.45) is 3.52. The molecule has 1 aliphatic carbocycles. The molecule has 0 spiro atoms. The van der Waals surface area contributed by atoms with Crippen LogP contribution in [0.1, 0.15) is 35.8 Å². The van der Waals surface area contributed by atoms with Gasteiger partial charge >= 0.3 is 0 Å². The lowest BCUT2D eigenvalue weighted by Gasteiger charge is -2.19. The van der Waals surface area contributed by atoms with Crippen molar-refractivity contribution in [3.05, 3.63) is 47.4 Å². The predicted octanol–water partition coefficient (Wildman–Crippen LogP) is 2.45. The number of rotatable bonds is 6. The summed E-state index contributed by atoms with van der Waals surface area (Å²) in [5.41, 5.74) is 2.22. The first-order valence-electron chi connectivity index (χ1n) is 9.44. The zero-order valence-electron chi connectivity index (χ0n) is 16.1. The van der Waals surface area contributed by atoms with Crippen LogP contribution in [-0.2, 0) is 22.6 Å². The highest BCUT2D eigenvalue weighted by atomic mass is 16.5. The number of carbonyl (C=O) groups excluding carboxylic acids is 2. The fraction of sp³-hybridized carbons (Fsp3) is 0.429. The molecule has 2 amide bonds. The monoisotopic (exact) mass is 384 g/mol. The van der Waals surface area contributed by atoms with E-state index in [1.54, 1.807) is 31.4 Å². The van der Waals surface area contributed by atoms with Gasteiger partial charge in [0.2, 0.25) is 11.8 Å². The molecule has 2 atom stereocenters. The van der Waals surface area contributed by atoms with Gasteiger partial charge in [0.15, 0.2) is 11.5 Å². The minimum absolute atomic E-state index is 0.0187. The first kappa shape index (κ1) is 18.4. The Balaban J connectivity index is 1.42. The number of furan rings is 1. The minimum Gasteiger partial charge on any atom is -0.493 e. The van der Waals surface area contributed by atoms with E-state index in [0.717, 1.165) is 29.7 Å². The van der Waals surface area contributed by atoms with Crippen LogP contribution in [0.2, 0.25) is 0 Å². The van der Waals surface area contributed by atoms with Crippen LogP contribution in [0.3, 0.4) is 0 Å². The molecule has 0 saturated carbocycles. The molecule has 148 valence electrons. The standard InChI is InChI=1S/C21H24N2O5/c1-26-18-8-13-5-6-17(16(13)10-19(18)27-2)22-21(25)14-9-20(24)23(11-14)12-15-4-3-7-28-15/h3-4,7-8,10,14,17H,5-6,9,11-12H2,1-2H3,(H,22,25)/t14-,17-/m0/s1. The molecule has 1 aromatic carbocycles. The number of hydrogen-bond donors (Lipinski definition) is 1. The Morgan fingerprint density at radius 1 is 1.29 bits per heavy atom. The third-order valence-corrected chi connectivity index (χ3v) is 5.55. The van der Waals surface area contributed by atoms with Crippen molar-refractivity contribution < 1.29 is 23.5 Å². The summed E-state index contributed by atoms with van der Waals surface area (Å²) in [5.74, 6) is 1.63. The molecule has 0 radical (unpaired) electrons. The number of ether oxygens (including phenoxy) is 2. The van der Waals surface area contributed by atoms with Gasteiger partial charge in [0.25, 0.3) is 0 Å². The second kappa shape index (κ2) is 7.58. The van der Waals surface area contributed by atoms with Gasteiger partial charge in [-0.2, -0.15) is 0 Å². The zero-order valence-corrected chi connectivity index (χ0v) is 16.1. The smallest absolute Gasteiger partial charge is 0.225 e. The van der Waals surface area contributed by atoms with Gasteiger partial charge < -0.3 is 24.1 Å². The van der Waals surface area contributed by atoms with Crippen LogP contribution in [0.15, 0.2) is 34.9 Å². The highest BCUT2D eigenvalue weighted by Gasteiger charge is 2.36. The Labute approximate surface area is 163 Å². The van der Waals surface area contributed by atoms with Crippen LogP contribution in [0.25, 0.3) is 0 Å². The molecule has 1 aliphatic heterocycles. The Morgan fingerprint density at radius 2 is 2.07 bits per heavy atom. The van der Waals surface area contributed by atoms with E-state index in [1.807, 2.05) is 18.2 Å². The van der Waals surface area contributed by atoms with E-state index in [1.165, 1.54) is 0 Å². The summed E-state index contributed by atoms with van der Waals surface area (Å²) in [6, 6.07) is 7.47. The van der Waals surface area contributed by atoms with E-state index in [4.69, 9.17) is 13.9 Å². The normalized spacial score (nSPS) is 20.9. The van der Waals surface area contributed by atoms with Crippen molar-refractivity contribution in [2.24, 2.45) is 5.92 Å². The van der Waals surface area contributed by atoms with Crippen LogP contribution in [0.4, 0.5) is 0 Å². The average Bonchev–Trinajstić information content (AvgIpc) is 3.43. The molecule has 2 aromatic rings. The molecule has 0 unspecified atom stereocenters. The van der Waals surface area contributed by atoms with Crippen molar-refractivity contribution >= 4 is 11.8 Å². The summed E-state index contributed by atoms with van der Waals surface area (Å²) in [4.78, 5) is 26.8. The fourth-order valence-electron chi connectivity index (χ4n) is 4.06. The van der Waals surface area contributed by atoms with Crippen LogP contribution in [0.5, 0.6) is 11.5 Å². The SMILES string of the molecule is COc1cc2c(cc1OC)[C@@H](NC(=O)[C@H]1CC(=O)N(Cc3ccco3)C1)CC2. The van der Waals surface area contributed by atoms with Gasteiger partial charge in [-0.05, 0) is 48.2 Å². The lowest BCUT2D eigenvalue weighted by atomic mass is 10.0. The predicted molar refractivity (Wildman–Crippen MR) is 101 cm³/mol. The van der Waals surface area contributed by atoms with E-state index in [2.05, 4.69) is 5.32 Å². The van der Waals surface area contributed by atoms with E-state index < -0.39 is 0 Å². The van der Waals surface area contributed by atoms with Crippen molar-refractivity contribution in [2.45, 2.75) is 31.8 Å². The summed E-state index contributed by atoms with van der Waals surface area (Å²) in [5, 5.41) is 3.13. The van der Waals surface area contributed by atoms with Crippen molar-refractivity contribution in [3.63, 3.8) is 0 Å². The molecule has 7 heteroatoms. The second-order valence-corrected chi connectivity index (χ2v) is 7.26. The van der Waals surface area contributed by atoms with Crippen LogP contribution < -0.4 is 14.8 Å². The van der Waals surface area contributed by atoms with Gasteiger partial charge in [0.1, 0.15) is 5.76 Å². The van der Waals surface area contributed by atoms with Gasteiger partial charge in [-0.1, -0.05) is 0 Å². The number of likely N-dealkylation sites (tertiary alicyclic amines) is 1. The molecule has 4 rings (SSSR count). The van der Waals surface area contributed by atoms with Gasteiger partial charge in [-0.15, -0.1) is 0 Å². The topological polar surface area (TPSA) is 81.0 Å². The highest BCUT2D eigenvalue weighted by Crippen LogP contribution is 2.39. The number of nitrogens with one attached hydrogen (secondary N) is 1. The summed E-state index contributed by atoms with van der Waals surface area (Å²) in [6.45, 7) is 0.815. The Bertz CT molecular complexity index is 877. The van der Waals surface area contributed by atoms with E-state index in [9.17, 15) is 9.59 Å². The average molecular weight is 384 g/mol. The van der Waals surface area contributed by atoms with Crippen molar-refractivity contribution in [2.75, 3.05) is 20.8 Å². The first-order chi connectivity index (χ1) is 13.6. The third-order valence-electron chi connectivity index (χ3n) is 5.55. The molecule has 2 aliphatic rings. The highest BCUT2D eigenvalue weighted by molar-refractivity contribution is 5.89. The lowest BCUT2D eigenvalue weighted by Crippen LogP contribution is -2.34. The number of amides is 2. The van der Waals surface area contributed by atoms with Gasteiger partial charge in [-0.3, -0.25) is 9.59 Å². The molecule has 1 N–H and O–H groups in total. The quantitative estimate of drug-likeness (QED) is 0.827. The maximum Gasteiger partial charge on any atom is 0.225 e. The van der Waals surface area contributed by atoms with Crippen LogP contribution in [-0.4, -0.2) is 37.5 Å². The number of fused-ring (bicyclic) bond motifs is 1. The molecular weight excluding hydrogens is 360 g/mol. The van der Waals surface area contributed by atoms with Gasteiger partial charge in [-0.25, -0.2) is 0 Å². The van der Waals surface area contributed by atoms with Gasteiger partial charge in [0, 0.05) is 13.0 Å². The number of carbonyl (C=O) groups is 2. The van der Waals surface area contributed by atoms with Crippen LogP contribution in [0, 0.1) is 5.92 Å². The summed E-state index contributed by atoms with van der Waals surface area (Å²) in [7, 11) is 3.22. The van der Waals surface area contributed by atoms with Gasteiger partial charge in [0.05, 0.1) is 39.0 Å². The Morgan fingerprint density at radius 3 is 2.79 bits per heavy atom. The number of benzene rings is 1. The Hall–Kier alpha value is -2.96. The number of methoxy groups -OCH3 is 2. The van der Waals surface area contributed by atoms with Crippen molar-refractivity contribution in [1.82, 2.24) is 10.2 Å². The van der Waals surface area contributed by atoms with Crippen molar-refractivity contribution in [1.29, 1.82) is 0 Å². The van der Waals surface area contributed by atoms with Crippen molar-refractivity contribution in [3.8, 4) is 11.5 Å². The zero-order chi connectivity index (χ0) is 19.7. The second-order valence-electron chi connectivity index (χ2n) is 7.26. The summed E-state index contributed by atoms with van der Waals surface area (Å²) < 4.78 is 16.1. The number of hydrogen-bond acceptors (Lipinski definition) is 5. The molecular formula is C21H24N2O5.